The summed E-state index contributed by atoms with van der Waals surface area (Å²) in [6.45, 7) is 1.98. The summed E-state index contributed by atoms with van der Waals surface area (Å²) in [4.78, 5) is 5.91. The highest BCUT2D eigenvalue weighted by Gasteiger charge is 2.36. The first-order valence-electron chi connectivity index (χ1n) is 7.99. The van der Waals surface area contributed by atoms with Gasteiger partial charge in [0.2, 0.25) is 15.8 Å². The second-order valence-corrected chi connectivity index (χ2v) is 7.49. The van der Waals surface area contributed by atoms with Gasteiger partial charge in [-0.1, -0.05) is 43.3 Å². The number of aromatic amines is 1. The minimum absolute atomic E-state index is 0.0764. The second-order valence-electron chi connectivity index (χ2n) is 5.93. The standard InChI is InChI=1S/C18H16F3N3O2S/c1-2-11-3-5-12(6-4-11)15-16(24-17(23-15)18(19,20)21)13-7-9-14(10-8-13)27(22,25)26/h3-10H,2H2,1H3,(H,23,24)(H2,22,25,26). The van der Waals surface area contributed by atoms with Gasteiger partial charge in [0.15, 0.2) is 0 Å². The molecular weight excluding hydrogens is 379 g/mol. The molecule has 27 heavy (non-hydrogen) atoms. The molecule has 0 aliphatic carbocycles. The zero-order valence-electron chi connectivity index (χ0n) is 14.2. The number of nitrogens with two attached hydrogens (primary N) is 1. The van der Waals surface area contributed by atoms with E-state index in [1.165, 1.54) is 24.3 Å². The van der Waals surface area contributed by atoms with Crippen molar-refractivity contribution in [3.63, 3.8) is 0 Å². The largest absolute Gasteiger partial charge is 0.449 e. The normalized spacial score (nSPS) is 12.3. The molecule has 0 amide bonds. The van der Waals surface area contributed by atoms with E-state index in [1.54, 1.807) is 12.1 Å². The Hall–Kier alpha value is -2.65. The summed E-state index contributed by atoms with van der Waals surface area (Å²) in [7, 11) is -3.90. The van der Waals surface area contributed by atoms with E-state index in [2.05, 4.69) is 9.97 Å². The molecule has 0 bridgehead atoms. The molecule has 1 heterocycles. The SMILES string of the molecule is CCc1ccc(-c2[nH]c(C(F)(F)F)nc2-c2ccc(S(N)(=O)=O)cc2)cc1. The van der Waals surface area contributed by atoms with Crippen LogP contribution < -0.4 is 5.14 Å². The average molecular weight is 395 g/mol. The highest BCUT2D eigenvalue weighted by Crippen LogP contribution is 2.36. The van der Waals surface area contributed by atoms with E-state index < -0.39 is 22.0 Å². The molecule has 0 aliphatic rings. The van der Waals surface area contributed by atoms with E-state index in [9.17, 15) is 21.6 Å². The van der Waals surface area contributed by atoms with Crippen molar-refractivity contribution in [2.45, 2.75) is 24.4 Å². The van der Waals surface area contributed by atoms with Crippen LogP contribution in [0.2, 0.25) is 0 Å². The second kappa shape index (κ2) is 6.82. The summed E-state index contributed by atoms with van der Waals surface area (Å²) in [5, 5.41) is 5.06. The van der Waals surface area contributed by atoms with Crippen LogP contribution in [0.1, 0.15) is 18.3 Å². The molecule has 0 aliphatic heterocycles. The third-order valence-electron chi connectivity index (χ3n) is 4.08. The van der Waals surface area contributed by atoms with Gasteiger partial charge in [0.1, 0.15) is 0 Å². The molecule has 3 N–H and O–H groups in total. The van der Waals surface area contributed by atoms with Crippen LogP contribution in [0.3, 0.4) is 0 Å². The first-order chi connectivity index (χ1) is 12.6. The Labute approximate surface area is 154 Å². The van der Waals surface area contributed by atoms with Gasteiger partial charge in [0.05, 0.1) is 16.3 Å². The lowest BCUT2D eigenvalue weighted by Gasteiger charge is -2.05. The smallest absolute Gasteiger partial charge is 0.334 e. The predicted molar refractivity (Wildman–Crippen MR) is 95.2 cm³/mol. The monoisotopic (exact) mass is 395 g/mol. The molecule has 142 valence electrons. The number of hydrogen-bond acceptors (Lipinski definition) is 3. The van der Waals surface area contributed by atoms with Gasteiger partial charge < -0.3 is 4.98 Å². The van der Waals surface area contributed by atoms with Gasteiger partial charge in [-0.2, -0.15) is 13.2 Å². The molecule has 0 saturated carbocycles. The minimum Gasteiger partial charge on any atom is -0.334 e. The molecule has 0 spiro atoms. The van der Waals surface area contributed by atoms with Crippen LogP contribution in [0.5, 0.6) is 0 Å². The van der Waals surface area contributed by atoms with E-state index in [1.807, 2.05) is 19.1 Å². The number of rotatable bonds is 4. The molecule has 3 aromatic rings. The number of alkyl halides is 3. The maximum absolute atomic E-state index is 13.2. The van der Waals surface area contributed by atoms with Gasteiger partial charge in [-0.25, -0.2) is 18.5 Å². The average Bonchev–Trinajstić information content (AvgIpc) is 3.07. The fourth-order valence-corrected chi connectivity index (χ4v) is 3.15. The van der Waals surface area contributed by atoms with Crippen LogP contribution >= 0.6 is 0 Å². The molecule has 0 unspecified atom stereocenters. The fourth-order valence-electron chi connectivity index (χ4n) is 2.63. The Balaban J connectivity index is 2.14. The molecule has 0 saturated heterocycles. The number of imidazole rings is 1. The van der Waals surface area contributed by atoms with Crippen molar-refractivity contribution in [3.05, 3.63) is 59.9 Å². The third-order valence-corrected chi connectivity index (χ3v) is 5.01. The lowest BCUT2D eigenvalue weighted by Crippen LogP contribution is -2.11. The van der Waals surface area contributed by atoms with Gasteiger partial charge in [-0.15, -0.1) is 0 Å². The number of halogens is 3. The number of aromatic nitrogens is 2. The van der Waals surface area contributed by atoms with Crippen molar-refractivity contribution >= 4 is 10.0 Å². The first kappa shape index (κ1) is 19.1. The predicted octanol–water partition coefficient (Wildman–Crippen LogP) is 3.97. The van der Waals surface area contributed by atoms with Crippen LogP contribution in [0.4, 0.5) is 13.2 Å². The summed E-state index contributed by atoms with van der Waals surface area (Å²) in [5.74, 6) is -1.12. The van der Waals surface area contributed by atoms with Crippen LogP contribution in [-0.4, -0.2) is 18.4 Å². The zero-order chi connectivity index (χ0) is 19.8. The molecule has 1 aromatic heterocycles. The quantitative estimate of drug-likeness (QED) is 0.700. The first-order valence-corrected chi connectivity index (χ1v) is 9.54. The Morgan fingerprint density at radius 2 is 1.56 bits per heavy atom. The summed E-state index contributed by atoms with van der Waals surface area (Å²) in [6.07, 6.45) is -3.84. The topological polar surface area (TPSA) is 88.8 Å². The summed E-state index contributed by atoms with van der Waals surface area (Å²) < 4.78 is 62.2. The maximum atomic E-state index is 13.2. The Morgan fingerprint density at radius 1 is 1.00 bits per heavy atom. The van der Waals surface area contributed by atoms with Gasteiger partial charge in [-0.05, 0) is 24.1 Å². The van der Waals surface area contributed by atoms with Gasteiger partial charge in [0.25, 0.3) is 0 Å². The van der Waals surface area contributed by atoms with Crippen molar-refractivity contribution in [3.8, 4) is 22.5 Å². The van der Waals surface area contributed by atoms with Crippen molar-refractivity contribution in [2.24, 2.45) is 5.14 Å². The summed E-state index contributed by atoms with van der Waals surface area (Å²) in [6, 6.07) is 12.3. The summed E-state index contributed by atoms with van der Waals surface area (Å²) >= 11 is 0. The molecular formula is C18H16F3N3O2S. The number of nitrogens with one attached hydrogen (secondary N) is 1. The van der Waals surface area contributed by atoms with E-state index in [0.717, 1.165) is 12.0 Å². The fraction of sp³-hybridized carbons (Fsp3) is 0.167. The molecule has 0 atom stereocenters. The minimum atomic E-state index is -4.64. The molecule has 0 fully saturated rings. The highest BCUT2D eigenvalue weighted by molar-refractivity contribution is 7.89. The van der Waals surface area contributed by atoms with Crippen LogP contribution in [0.25, 0.3) is 22.5 Å². The number of aryl methyl sites for hydroxylation is 1. The van der Waals surface area contributed by atoms with Crippen LogP contribution in [0, 0.1) is 0 Å². The van der Waals surface area contributed by atoms with Gasteiger partial charge in [0, 0.05) is 11.1 Å². The van der Waals surface area contributed by atoms with E-state index >= 15 is 0 Å². The van der Waals surface area contributed by atoms with Crippen molar-refractivity contribution in [1.29, 1.82) is 0 Å². The van der Waals surface area contributed by atoms with Crippen LogP contribution in [0.15, 0.2) is 53.4 Å². The molecule has 2 aromatic carbocycles. The van der Waals surface area contributed by atoms with E-state index in [4.69, 9.17) is 5.14 Å². The van der Waals surface area contributed by atoms with Crippen molar-refractivity contribution < 1.29 is 21.6 Å². The molecule has 0 radical (unpaired) electrons. The maximum Gasteiger partial charge on any atom is 0.449 e. The molecule has 9 heteroatoms. The Bertz CT molecular complexity index is 1050. The number of nitrogens with zero attached hydrogens (tertiary/aromatic N) is 1. The summed E-state index contributed by atoms with van der Waals surface area (Å²) in [5.41, 5.74) is 2.21. The van der Waals surface area contributed by atoms with Gasteiger partial charge >= 0.3 is 6.18 Å². The number of H-pyrrole nitrogens is 1. The van der Waals surface area contributed by atoms with Crippen molar-refractivity contribution in [1.82, 2.24) is 9.97 Å². The molecule has 5 nitrogen and oxygen atoms in total. The lowest BCUT2D eigenvalue weighted by molar-refractivity contribution is -0.144. The third kappa shape index (κ3) is 4.04. The highest BCUT2D eigenvalue weighted by atomic mass is 32.2. The van der Waals surface area contributed by atoms with Crippen LogP contribution in [-0.2, 0) is 22.6 Å². The number of hydrogen-bond donors (Lipinski definition) is 2. The van der Waals surface area contributed by atoms with Gasteiger partial charge in [-0.3, -0.25) is 0 Å². The zero-order valence-corrected chi connectivity index (χ0v) is 15.0. The number of primary sulfonamides is 1. The Kier molecular flexibility index (Phi) is 4.83. The number of sulfonamides is 1. The van der Waals surface area contributed by atoms with Crippen molar-refractivity contribution in [2.75, 3.05) is 0 Å². The Morgan fingerprint density at radius 3 is 2.04 bits per heavy atom. The number of benzene rings is 2. The van der Waals surface area contributed by atoms with E-state index in [0.29, 0.717) is 11.1 Å². The molecule has 3 rings (SSSR count). The van der Waals surface area contributed by atoms with E-state index in [-0.39, 0.29) is 16.3 Å². The lowest BCUT2D eigenvalue weighted by atomic mass is 10.0.